The number of hydrogen-bond acceptors (Lipinski definition) is 5. The SMILES string of the molecule is CCc1ccc2oc(NC(=O)CC#N)c(C=O)c(=O)c2c1. The summed E-state index contributed by atoms with van der Waals surface area (Å²) >= 11 is 0. The number of nitrogens with zero attached hydrogens (tertiary/aromatic N) is 1. The van der Waals surface area contributed by atoms with Crippen LogP contribution in [0.15, 0.2) is 27.4 Å². The Morgan fingerprint density at radius 1 is 1.48 bits per heavy atom. The highest BCUT2D eigenvalue weighted by Gasteiger charge is 2.16. The third-order valence-electron chi connectivity index (χ3n) is 3.01. The fraction of sp³-hybridized carbons (Fsp3) is 0.200. The van der Waals surface area contributed by atoms with Gasteiger partial charge in [0.25, 0.3) is 0 Å². The highest BCUT2D eigenvalue weighted by Crippen LogP contribution is 2.20. The summed E-state index contributed by atoms with van der Waals surface area (Å²) in [7, 11) is 0. The van der Waals surface area contributed by atoms with Crippen molar-refractivity contribution in [3.8, 4) is 6.07 Å². The van der Waals surface area contributed by atoms with Crippen LogP contribution in [0, 0.1) is 11.3 Å². The van der Waals surface area contributed by atoms with E-state index in [1.807, 2.05) is 6.92 Å². The molecule has 0 aliphatic rings. The van der Waals surface area contributed by atoms with Gasteiger partial charge in [0.05, 0.1) is 11.5 Å². The van der Waals surface area contributed by atoms with Crippen LogP contribution in [-0.2, 0) is 11.2 Å². The molecule has 6 nitrogen and oxygen atoms in total. The van der Waals surface area contributed by atoms with Crippen molar-refractivity contribution in [2.24, 2.45) is 0 Å². The van der Waals surface area contributed by atoms with E-state index in [-0.39, 0.29) is 22.4 Å². The van der Waals surface area contributed by atoms with Gasteiger partial charge in [-0.2, -0.15) is 5.26 Å². The fourth-order valence-electron chi connectivity index (χ4n) is 1.92. The number of fused-ring (bicyclic) bond motifs is 1. The lowest BCUT2D eigenvalue weighted by atomic mass is 10.1. The summed E-state index contributed by atoms with van der Waals surface area (Å²) in [4.78, 5) is 34.8. The molecule has 1 amide bonds. The normalized spacial score (nSPS) is 10.1. The molecule has 21 heavy (non-hydrogen) atoms. The molecule has 0 radical (unpaired) electrons. The maximum absolute atomic E-state index is 12.3. The van der Waals surface area contributed by atoms with E-state index in [1.54, 1.807) is 24.3 Å². The highest BCUT2D eigenvalue weighted by molar-refractivity contribution is 5.97. The summed E-state index contributed by atoms with van der Waals surface area (Å²) in [5.41, 5.74) is 0.443. The van der Waals surface area contributed by atoms with Crippen LogP contribution in [0.3, 0.4) is 0 Å². The first kappa shape index (κ1) is 14.5. The van der Waals surface area contributed by atoms with Gasteiger partial charge in [0, 0.05) is 0 Å². The molecular weight excluding hydrogens is 272 g/mol. The number of aldehydes is 1. The van der Waals surface area contributed by atoms with Crippen LogP contribution in [0.2, 0.25) is 0 Å². The predicted molar refractivity (Wildman–Crippen MR) is 76.1 cm³/mol. The van der Waals surface area contributed by atoms with Crippen LogP contribution in [-0.4, -0.2) is 12.2 Å². The lowest BCUT2D eigenvalue weighted by molar-refractivity contribution is -0.115. The van der Waals surface area contributed by atoms with Crippen molar-refractivity contribution >= 4 is 29.0 Å². The molecule has 1 aromatic heterocycles. The lowest BCUT2D eigenvalue weighted by Crippen LogP contribution is -2.17. The Hall–Kier alpha value is -2.94. The van der Waals surface area contributed by atoms with Crippen LogP contribution >= 0.6 is 0 Å². The van der Waals surface area contributed by atoms with E-state index in [4.69, 9.17) is 9.68 Å². The van der Waals surface area contributed by atoms with Crippen LogP contribution in [0.4, 0.5) is 5.88 Å². The number of carbonyl (C=O) groups is 2. The molecule has 0 aliphatic carbocycles. The second-order valence-corrected chi connectivity index (χ2v) is 4.36. The number of aryl methyl sites for hydroxylation is 1. The molecule has 0 aliphatic heterocycles. The molecule has 6 heteroatoms. The monoisotopic (exact) mass is 284 g/mol. The average molecular weight is 284 g/mol. The summed E-state index contributed by atoms with van der Waals surface area (Å²) in [6.07, 6.45) is 0.688. The minimum Gasteiger partial charge on any atom is -0.439 e. The zero-order valence-electron chi connectivity index (χ0n) is 11.3. The van der Waals surface area contributed by atoms with Crippen LogP contribution in [0.25, 0.3) is 11.0 Å². The maximum Gasteiger partial charge on any atom is 0.240 e. The molecule has 0 fully saturated rings. The first-order valence-electron chi connectivity index (χ1n) is 6.32. The van der Waals surface area contributed by atoms with E-state index in [9.17, 15) is 14.4 Å². The largest absolute Gasteiger partial charge is 0.439 e. The van der Waals surface area contributed by atoms with E-state index in [0.717, 1.165) is 12.0 Å². The molecule has 2 aromatic rings. The number of rotatable bonds is 4. The van der Waals surface area contributed by atoms with Gasteiger partial charge < -0.3 is 4.42 Å². The summed E-state index contributed by atoms with van der Waals surface area (Å²) < 4.78 is 5.41. The number of amides is 1. The topological polar surface area (TPSA) is 100 Å². The third kappa shape index (κ3) is 2.82. The molecule has 0 atom stereocenters. The molecule has 106 valence electrons. The van der Waals surface area contributed by atoms with Gasteiger partial charge in [-0.1, -0.05) is 13.0 Å². The molecule has 2 rings (SSSR count). The molecule has 0 saturated carbocycles. The van der Waals surface area contributed by atoms with Gasteiger partial charge in [-0.3, -0.25) is 19.7 Å². The Kier molecular flexibility index (Phi) is 4.14. The number of carbonyl (C=O) groups excluding carboxylic acids is 2. The van der Waals surface area contributed by atoms with E-state index in [2.05, 4.69) is 5.32 Å². The number of benzene rings is 1. The number of anilines is 1. The van der Waals surface area contributed by atoms with Crippen molar-refractivity contribution in [1.82, 2.24) is 0 Å². The number of nitriles is 1. The highest BCUT2D eigenvalue weighted by atomic mass is 16.4. The van der Waals surface area contributed by atoms with Crippen LogP contribution in [0.5, 0.6) is 0 Å². The molecule has 0 unspecified atom stereocenters. The van der Waals surface area contributed by atoms with Gasteiger partial charge in [-0.15, -0.1) is 0 Å². The standard InChI is InChI=1S/C15H12N2O4/c1-2-9-3-4-12-10(7-9)14(20)11(8-18)15(21-12)17-13(19)5-6-16/h3-4,7-8H,2,5H2,1H3,(H,17,19). The van der Waals surface area contributed by atoms with Gasteiger partial charge >= 0.3 is 0 Å². The minimum absolute atomic E-state index is 0.230. The summed E-state index contributed by atoms with van der Waals surface area (Å²) in [6, 6.07) is 6.75. The van der Waals surface area contributed by atoms with Crippen LogP contribution < -0.4 is 10.7 Å². The predicted octanol–water partition coefficient (Wildman–Crippen LogP) is 2.02. The second kappa shape index (κ2) is 6.01. The first-order chi connectivity index (χ1) is 10.1. The zero-order valence-corrected chi connectivity index (χ0v) is 11.3. The molecule has 0 bridgehead atoms. The Morgan fingerprint density at radius 2 is 2.24 bits per heavy atom. The summed E-state index contributed by atoms with van der Waals surface area (Å²) in [5, 5.41) is 11.0. The molecule has 1 heterocycles. The number of nitrogens with one attached hydrogen (secondary N) is 1. The summed E-state index contributed by atoms with van der Waals surface area (Å²) in [5.74, 6) is -0.875. The smallest absolute Gasteiger partial charge is 0.240 e. The van der Waals surface area contributed by atoms with Crippen molar-refractivity contribution in [3.63, 3.8) is 0 Å². The van der Waals surface area contributed by atoms with E-state index < -0.39 is 17.8 Å². The van der Waals surface area contributed by atoms with E-state index in [0.29, 0.717) is 6.29 Å². The fourth-order valence-corrected chi connectivity index (χ4v) is 1.92. The molecule has 1 N–H and O–H groups in total. The van der Waals surface area contributed by atoms with Crippen LogP contribution in [0.1, 0.15) is 29.3 Å². The Labute approximate surface area is 120 Å². The van der Waals surface area contributed by atoms with Crippen molar-refractivity contribution in [3.05, 3.63) is 39.5 Å². The summed E-state index contributed by atoms with van der Waals surface area (Å²) in [6.45, 7) is 1.94. The van der Waals surface area contributed by atoms with E-state index in [1.165, 1.54) is 0 Å². The molecule has 0 spiro atoms. The van der Waals surface area contributed by atoms with E-state index >= 15 is 0 Å². The van der Waals surface area contributed by atoms with Gasteiger partial charge in [-0.25, -0.2) is 0 Å². The second-order valence-electron chi connectivity index (χ2n) is 4.36. The average Bonchev–Trinajstić information content (AvgIpc) is 2.47. The van der Waals surface area contributed by atoms with Gasteiger partial charge in [0.2, 0.25) is 17.2 Å². The molecule has 1 aromatic carbocycles. The third-order valence-corrected chi connectivity index (χ3v) is 3.01. The molecule has 0 saturated heterocycles. The molecular formula is C15H12N2O4. The number of hydrogen-bond donors (Lipinski definition) is 1. The quantitative estimate of drug-likeness (QED) is 0.866. The maximum atomic E-state index is 12.3. The Bertz CT molecular complexity index is 815. The Balaban J connectivity index is 2.62. The minimum atomic E-state index is -0.645. The van der Waals surface area contributed by atoms with Gasteiger partial charge in [-0.05, 0) is 24.1 Å². The van der Waals surface area contributed by atoms with Crippen molar-refractivity contribution in [2.45, 2.75) is 19.8 Å². The van der Waals surface area contributed by atoms with Crippen molar-refractivity contribution in [2.75, 3.05) is 5.32 Å². The van der Waals surface area contributed by atoms with Crippen molar-refractivity contribution < 1.29 is 14.0 Å². The lowest BCUT2D eigenvalue weighted by Gasteiger charge is -2.07. The van der Waals surface area contributed by atoms with Gasteiger partial charge in [0.15, 0.2) is 6.29 Å². The van der Waals surface area contributed by atoms with Crippen molar-refractivity contribution in [1.29, 1.82) is 5.26 Å². The zero-order chi connectivity index (χ0) is 15.4. The first-order valence-corrected chi connectivity index (χ1v) is 6.32. The Morgan fingerprint density at radius 3 is 2.86 bits per heavy atom. The van der Waals surface area contributed by atoms with Gasteiger partial charge in [0.1, 0.15) is 17.6 Å².